The van der Waals surface area contributed by atoms with Gasteiger partial charge in [0.25, 0.3) is 0 Å². The van der Waals surface area contributed by atoms with Gasteiger partial charge < -0.3 is 14.6 Å². The number of H-pyrrole nitrogens is 1. The van der Waals surface area contributed by atoms with E-state index >= 15 is 0 Å². The van der Waals surface area contributed by atoms with Crippen LogP contribution >= 0.6 is 0 Å². The molecule has 0 atom stereocenters. The Morgan fingerprint density at radius 3 is 3.04 bits per heavy atom. The van der Waals surface area contributed by atoms with E-state index in [9.17, 15) is 4.79 Å². The average molecular weight is 362 g/mol. The maximum atomic E-state index is 12.8. The van der Waals surface area contributed by atoms with Crippen molar-refractivity contribution in [2.45, 2.75) is 38.4 Å². The first-order valence-electron chi connectivity index (χ1n) is 9.50. The van der Waals surface area contributed by atoms with Gasteiger partial charge in [-0.15, -0.1) is 0 Å². The smallest absolute Gasteiger partial charge is 0.227 e. The standard InChI is InChI=1S/C21H22N4O2/c1-2-5-19-23-10-16-18(24-19)11-27-21(16)12-25(13-21)20(26)8-14-9-22-17-7-4-3-6-15(14)17/h3-4,6-7,9-10,22H,2,5,8,11-13H2,1H3. The Morgan fingerprint density at radius 1 is 1.33 bits per heavy atom. The Kier molecular flexibility index (Phi) is 3.75. The molecule has 1 aromatic carbocycles. The van der Waals surface area contributed by atoms with Gasteiger partial charge in [0.2, 0.25) is 5.91 Å². The van der Waals surface area contributed by atoms with Crippen molar-refractivity contribution in [2.24, 2.45) is 0 Å². The number of nitrogens with one attached hydrogen (secondary N) is 1. The quantitative estimate of drug-likeness (QED) is 0.775. The van der Waals surface area contributed by atoms with Crippen molar-refractivity contribution in [1.82, 2.24) is 19.9 Å². The Morgan fingerprint density at radius 2 is 2.19 bits per heavy atom. The molecule has 2 aliphatic heterocycles. The van der Waals surface area contributed by atoms with E-state index in [1.807, 2.05) is 41.6 Å². The molecule has 2 aromatic heterocycles. The van der Waals surface area contributed by atoms with Gasteiger partial charge in [0.1, 0.15) is 11.4 Å². The molecule has 6 nitrogen and oxygen atoms in total. The topological polar surface area (TPSA) is 71.1 Å². The second kappa shape index (κ2) is 6.16. The van der Waals surface area contributed by atoms with Crippen LogP contribution in [-0.2, 0) is 34.6 Å². The first kappa shape index (κ1) is 16.4. The van der Waals surface area contributed by atoms with Crippen LogP contribution in [0.1, 0.15) is 36.0 Å². The van der Waals surface area contributed by atoms with E-state index in [1.54, 1.807) is 0 Å². The van der Waals surface area contributed by atoms with Crippen molar-refractivity contribution in [3.8, 4) is 0 Å². The maximum Gasteiger partial charge on any atom is 0.227 e. The summed E-state index contributed by atoms with van der Waals surface area (Å²) in [5.41, 5.74) is 3.73. The minimum atomic E-state index is -0.407. The molecule has 0 unspecified atom stereocenters. The molecule has 6 heteroatoms. The number of aromatic amines is 1. The van der Waals surface area contributed by atoms with Crippen LogP contribution in [-0.4, -0.2) is 38.8 Å². The van der Waals surface area contributed by atoms with Crippen LogP contribution in [0.4, 0.5) is 0 Å². The number of carbonyl (C=O) groups is 1. The van der Waals surface area contributed by atoms with Gasteiger partial charge in [-0.25, -0.2) is 9.97 Å². The molecule has 27 heavy (non-hydrogen) atoms. The lowest BCUT2D eigenvalue weighted by atomic mass is 9.87. The zero-order valence-electron chi connectivity index (χ0n) is 15.4. The minimum absolute atomic E-state index is 0.131. The number of likely N-dealkylation sites (tertiary alicyclic amines) is 1. The van der Waals surface area contributed by atoms with E-state index in [4.69, 9.17) is 4.74 Å². The highest BCUT2D eigenvalue weighted by Gasteiger charge is 2.52. The van der Waals surface area contributed by atoms with Crippen LogP contribution in [0.3, 0.4) is 0 Å². The lowest BCUT2D eigenvalue weighted by Crippen LogP contribution is -2.61. The highest BCUT2D eigenvalue weighted by molar-refractivity contribution is 5.89. The van der Waals surface area contributed by atoms with Crippen molar-refractivity contribution >= 4 is 16.8 Å². The minimum Gasteiger partial charge on any atom is -0.361 e. The number of para-hydroxylation sites is 1. The summed E-state index contributed by atoms with van der Waals surface area (Å²) in [4.78, 5) is 27.0. The van der Waals surface area contributed by atoms with Crippen LogP contribution < -0.4 is 0 Å². The summed E-state index contributed by atoms with van der Waals surface area (Å²) in [6, 6.07) is 8.07. The number of hydrogen-bond donors (Lipinski definition) is 1. The van der Waals surface area contributed by atoms with Crippen molar-refractivity contribution in [3.05, 3.63) is 59.3 Å². The summed E-state index contributed by atoms with van der Waals surface area (Å²) in [7, 11) is 0. The third kappa shape index (κ3) is 2.63. The second-order valence-corrected chi connectivity index (χ2v) is 7.47. The second-order valence-electron chi connectivity index (χ2n) is 7.47. The third-order valence-electron chi connectivity index (χ3n) is 5.63. The summed E-state index contributed by atoms with van der Waals surface area (Å²) in [5, 5.41) is 1.11. The number of hydrogen-bond acceptors (Lipinski definition) is 4. The Labute approximate surface area is 157 Å². The van der Waals surface area contributed by atoms with Gasteiger partial charge >= 0.3 is 0 Å². The number of fused-ring (bicyclic) bond motifs is 3. The number of ether oxygens (including phenoxy) is 1. The van der Waals surface area contributed by atoms with Crippen molar-refractivity contribution in [1.29, 1.82) is 0 Å². The van der Waals surface area contributed by atoms with E-state index in [0.29, 0.717) is 26.1 Å². The number of aromatic nitrogens is 3. The van der Waals surface area contributed by atoms with Crippen LogP contribution in [0.15, 0.2) is 36.7 Å². The summed E-state index contributed by atoms with van der Waals surface area (Å²) in [6.07, 6.45) is 6.15. The van der Waals surface area contributed by atoms with Gasteiger partial charge in [-0.2, -0.15) is 0 Å². The molecular formula is C21H22N4O2. The van der Waals surface area contributed by atoms with Crippen LogP contribution in [0.25, 0.3) is 10.9 Å². The van der Waals surface area contributed by atoms with Crippen molar-refractivity contribution in [2.75, 3.05) is 13.1 Å². The molecule has 1 N–H and O–H groups in total. The molecule has 0 bridgehead atoms. The zero-order chi connectivity index (χ0) is 18.4. The van der Waals surface area contributed by atoms with E-state index < -0.39 is 5.60 Å². The van der Waals surface area contributed by atoms with Crippen molar-refractivity contribution < 1.29 is 9.53 Å². The fraction of sp³-hybridized carbons (Fsp3) is 0.381. The van der Waals surface area contributed by atoms with Gasteiger partial charge in [-0.3, -0.25) is 4.79 Å². The summed E-state index contributed by atoms with van der Waals surface area (Å²) < 4.78 is 6.06. The molecular weight excluding hydrogens is 340 g/mol. The van der Waals surface area contributed by atoms with Crippen LogP contribution in [0, 0.1) is 0 Å². The predicted octanol–water partition coefficient (Wildman–Crippen LogP) is 2.72. The van der Waals surface area contributed by atoms with Crippen LogP contribution in [0.2, 0.25) is 0 Å². The fourth-order valence-corrected chi connectivity index (χ4v) is 4.14. The number of aryl methyl sites for hydroxylation is 1. The molecule has 1 fully saturated rings. The van der Waals surface area contributed by atoms with Gasteiger partial charge in [0.15, 0.2) is 0 Å². The van der Waals surface area contributed by atoms with E-state index in [2.05, 4.69) is 21.9 Å². The monoisotopic (exact) mass is 362 g/mol. The lowest BCUT2D eigenvalue weighted by Gasteiger charge is -2.47. The molecule has 138 valence electrons. The first-order chi connectivity index (χ1) is 13.2. The molecule has 5 rings (SSSR count). The summed E-state index contributed by atoms with van der Waals surface area (Å²) >= 11 is 0. The highest BCUT2D eigenvalue weighted by atomic mass is 16.5. The normalized spacial score (nSPS) is 17.3. The molecule has 3 aromatic rings. The van der Waals surface area contributed by atoms with Gasteiger partial charge in [0, 0.05) is 35.3 Å². The molecule has 1 spiro atoms. The largest absolute Gasteiger partial charge is 0.361 e. The number of carbonyl (C=O) groups excluding carboxylic acids is 1. The van der Waals surface area contributed by atoms with Gasteiger partial charge in [-0.1, -0.05) is 25.1 Å². The number of benzene rings is 1. The molecule has 2 aliphatic rings. The maximum absolute atomic E-state index is 12.8. The summed E-state index contributed by atoms with van der Waals surface area (Å²) in [5.74, 6) is 1.01. The van der Waals surface area contributed by atoms with Crippen molar-refractivity contribution in [3.63, 3.8) is 0 Å². The molecule has 1 amide bonds. The van der Waals surface area contributed by atoms with E-state index in [1.165, 1.54) is 0 Å². The number of rotatable bonds is 4. The van der Waals surface area contributed by atoms with Gasteiger partial charge in [-0.05, 0) is 18.1 Å². The average Bonchev–Trinajstić information content (AvgIpc) is 3.22. The Hall–Kier alpha value is -2.73. The zero-order valence-corrected chi connectivity index (χ0v) is 15.4. The first-order valence-corrected chi connectivity index (χ1v) is 9.50. The van der Waals surface area contributed by atoms with E-state index in [0.717, 1.165) is 46.4 Å². The summed E-state index contributed by atoms with van der Waals surface area (Å²) in [6.45, 7) is 3.80. The molecule has 1 saturated heterocycles. The SMILES string of the molecule is CCCc1ncc2c(n1)COC21CN(C(=O)Cc2c[nH]c3ccccc23)C1. The molecule has 0 saturated carbocycles. The highest BCUT2D eigenvalue weighted by Crippen LogP contribution is 2.42. The van der Waals surface area contributed by atoms with Gasteiger partial charge in [0.05, 0.1) is 31.8 Å². The Balaban J connectivity index is 1.29. The molecule has 4 heterocycles. The Bertz CT molecular complexity index is 1020. The van der Waals surface area contributed by atoms with Crippen LogP contribution in [0.5, 0.6) is 0 Å². The lowest BCUT2D eigenvalue weighted by molar-refractivity contribution is -0.168. The van der Waals surface area contributed by atoms with E-state index in [-0.39, 0.29) is 5.91 Å². The number of amides is 1. The third-order valence-corrected chi connectivity index (χ3v) is 5.63. The molecule has 0 radical (unpaired) electrons. The molecule has 0 aliphatic carbocycles. The number of nitrogens with zero attached hydrogens (tertiary/aromatic N) is 3. The predicted molar refractivity (Wildman–Crippen MR) is 101 cm³/mol. The fourth-order valence-electron chi connectivity index (χ4n) is 4.14.